The molecule has 4 unspecified atom stereocenters. The van der Waals surface area contributed by atoms with Crippen molar-refractivity contribution in [2.45, 2.75) is 69.1 Å². The first kappa shape index (κ1) is 33.7. The Bertz CT molecular complexity index is 926. The highest BCUT2D eigenvalue weighted by molar-refractivity contribution is 7.98. The molecule has 0 aliphatic heterocycles. The molecule has 0 radical (unpaired) electrons. The molecule has 1 aromatic heterocycles. The Hall–Kier alpha value is -3.37. The van der Waals surface area contributed by atoms with Crippen molar-refractivity contribution in [3.05, 3.63) is 18.2 Å². The van der Waals surface area contributed by atoms with Crippen LogP contribution < -0.4 is 38.9 Å². The molecule has 0 aromatic carbocycles. The third kappa shape index (κ3) is 13.8. The number of amides is 3. The molecule has 1 heterocycles. The van der Waals surface area contributed by atoms with Gasteiger partial charge in [0.05, 0.1) is 12.4 Å². The van der Waals surface area contributed by atoms with Crippen LogP contribution in [-0.4, -0.2) is 94.0 Å². The minimum absolute atomic E-state index is 0.0759. The normalized spacial score (nSPS) is 13.9. The molecule has 3 amide bonds. The van der Waals surface area contributed by atoms with Crippen LogP contribution in [0, 0.1) is 0 Å². The Morgan fingerprint density at radius 2 is 1.67 bits per heavy atom. The molecule has 0 saturated heterocycles. The number of hydrogen-bond acceptors (Lipinski definition) is 9. The molecule has 0 fully saturated rings. The molecule has 0 aliphatic carbocycles. The van der Waals surface area contributed by atoms with E-state index in [2.05, 4.69) is 30.9 Å². The van der Waals surface area contributed by atoms with E-state index in [0.29, 0.717) is 37.3 Å². The van der Waals surface area contributed by atoms with Gasteiger partial charge in [-0.2, -0.15) is 11.8 Å². The summed E-state index contributed by atoms with van der Waals surface area (Å²) in [6.45, 7) is 0.690. The van der Waals surface area contributed by atoms with E-state index in [1.54, 1.807) is 0 Å². The molecule has 1 rings (SSSR count). The van der Waals surface area contributed by atoms with Gasteiger partial charge in [-0.05, 0) is 50.7 Å². The topological polar surface area (TPSA) is 270 Å². The fourth-order valence-corrected chi connectivity index (χ4v) is 4.03. The standard InChI is InChI=1S/C23H42N10O5S/c1-39-10-7-16(20(35)32-17(22(37)38)6-4-9-29-23(26)27)31-21(36)18(11-14-12-28-13-30-14)33-19(34)15(25)5-2-3-8-24/h12-13,15-18H,2-11,24-25H2,1H3,(H,28,30)(H,31,36)(H,32,35)(H,33,34)(H,37,38)(H4,26,27,29). The van der Waals surface area contributed by atoms with Gasteiger partial charge in [-0.15, -0.1) is 0 Å². The molecular formula is C23H42N10O5S. The number of carbonyl (C=O) groups excluding carboxylic acids is 3. The lowest BCUT2D eigenvalue weighted by molar-refractivity contribution is -0.142. The number of nitrogens with two attached hydrogens (primary N) is 4. The molecule has 0 spiro atoms. The molecule has 39 heavy (non-hydrogen) atoms. The molecule has 15 nitrogen and oxygen atoms in total. The number of unbranched alkanes of at least 4 members (excludes halogenated alkanes) is 1. The van der Waals surface area contributed by atoms with Gasteiger partial charge in [0.2, 0.25) is 17.7 Å². The molecule has 1 aromatic rings. The summed E-state index contributed by atoms with van der Waals surface area (Å²) < 4.78 is 0. The number of hydrogen-bond donors (Lipinski definition) is 9. The maximum Gasteiger partial charge on any atom is 0.326 e. The van der Waals surface area contributed by atoms with Crippen molar-refractivity contribution in [1.82, 2.24) is 25.9 Å². The maximum absolute atomic E-state index is 13.3. The smallest absolute Gasteiger partial charge is 0.326 e. The van der Waals surface area contributed by atoms with Crippen LogP contribution in [0.15, 0.2) is 17.5 Å². The number of rotatable bonds is 20. The summed E-state index contributed by atoms with van der Waals surface area (Å²) in [5, 5.41) is 17.4. The van der Waals surface area contributed by atoms with Crippen LogP contribution in [0.2, 0.25) is 0 Å². The quantitative estimate of drug-likeness (QED) is 0.0459. The van der Waals surface area contributed by atoms with E-state index in [9.17, 15) is 24.3 Å². The second-order valence-electron chi connectivity index (χ2n) is 8.92. The Morgan fingerprint density at radius 1 is 1.00 bits per heavy atom. The summed E-state index contributed by atoms with van der Waals surface area (Å²) in [5.74, 6) is -2.60. The molecule has 4 atom stereocenters. The number of nitrogens with one attached hydrogen (secondary N) is 4. The van der Waals surface area contributed by atoms with Crippen molar-refractivity contribution in [1.29, 1.82) is 0 Å². The van der Waals surface area contributed by atoms with E-state index >= 15 is 0 Å². The SMILES string of the molecule is CSCCC(NC(=O)C(Cc1cnc[nH]1)NC(=O)C(N)CCCCN)C(=O)NC(CCCN=C(N)N)C(=O)O. The van der Waals surface area contributed by atoms with Gasteiger partial charge in [-0.25, -0.2) is 9.78 Å². The number of aliphatic imine (C=N–C) groups is 1. The van der Waals surface area contributed by atoms with Crippen LogP contribution in [-0.2, 0) is 25.6 Å². The fourth-order valence-electron chi connectivity index (χ4n) is 3.55. The minimum atomic E-state index is -1.23. The number of imidazole rings is 1. The van der Waals surface area contributed by atoms with Gasteiger partial charge in [-0.1, -0.05) is 6.42 Å². The average Bonchev–Trinajstić information content (AvgIpc) is 3.40. The van der Waals surface area contributed by atoms with Gasteiger partial charge in [-0.3, -0.25) is 19.4 Å². The Balaban J connectivity index is 2.96. The number of aromatic amines is 1. The first-order chi connectivity index (χ1) is 18.6. The highest BCUT2D eigenvalue weighted by atomic mass is 32.2. The Morgan fingerprint density at radius 3 is 2.26 bits per heavy atom. The van der Waals surface area contributed by atoms with Crippen molar-refractivity contribution in [2.75, 3.05) is 25.1 Å². The van der Waals surface area contributed by atoms with Gasteiger partial charge >= 0.3 is 5.97 Å². The number of aromatic nitrogens is 2. The first-order valence-corrected chi connectivity index (χ1v) is 14.1. The van der Waals surface area contributed by atoms with Crippen LogP contribution >= 0.6 is 11.8 Å². The third-order valence-corrected chi connectivity index (χ3v) is 6.37. The Labute approximate surface area is 232 Å². The number of carboxylic acid groups (broad SMARTS) is 1. The zero-order valence-electron chi connectivity index (χ0n) is 22.2. The highest BCUT2D eigenvalue weighted by Crippen LogP contribution is 2.07. The highest BCUT2D eigenvalue weighted by Gasteiger charge is 2.30. The molecule has 0 aliphatic rings. The zero-order chi connectivity index (χ0) is 29.2. The lowest BCUT2D eigenvalue weighted by atomic mass is 10.1. The van der Waals surface area contributed by atoms with Crippen molar-refractivity contribution in [3.63, 3.8) is 0 Å². The predicted octanol–water partition coefficient (Wildman–Crippen LogP) is -2.25. The average molecular weight is 571 g/mol. The lowest BCUT2D eigenvalue weighted by Gasteiger charge is -2.25. The van der Waals surface area contributed by atoms with Gasteiger partial charge < -0.3 is 49.0 Å². The fraction of sp³-hybridized carbons (Fsp3) is 0.652. The number of carbonyl (C=O) groups is 4. The van der Waals surface area contributed by atoms with Crippen molar-refractivity contribution in [2.24, 2.45) is 27.9 Å². The van der Waals surface area contributed by atoms with Crippen LogP contribution in [0.4, 0.5) is 0 Å². The Kier molecular flexibility index (Phi) is 16.2. The van der Waals surface area contributed by atoms with Crippen molar-refractivity contribution >= 4 is 41.4 Å². The van der Waals surface area contributed by atoms with E-state index in [-0.39, 0.29) is 31.8 Å². The van der Waals surface area contributed by atoms with E-state index in [1.165, 1.54) is 24.3 Å². The van der Waals surface area contributed by atoms with Crippen molar-refractivity contribution < 1.29 is 24.3 Å². The third-order valence-electron chi connectivity index (χ3n) is 5.72. The maximum atomic E-state index is 13.3. The number of carboxylic acids is 1. The van der Waals surface area contributed by atoms with Gasteiger partial charge in [0.15, 0.2) is 5.96 Å². The molecule has 16 heteroatoms. The zero-order valence-corrected chi connectivity index (χ0v) is 23.0. The first-order valence-electron chi connectivity index (χ1n) is 12.7. The van der Waals surface area contributed by atoms with Crippen LogP contribution in [0.1, 0.15) is 44.2 Å². The summed E-state index contributed by atoms with van der Waals surface area (Å²) in [7, 11) is 0. The van der Waals surface area contributed by atoms with E-state index in [4.69, 9.17) is 22.9 Å². The summed E-state index contributed by atoms with van der Waals surface area (Å²) >= 11 is 1.46. The monoisotopic (exact) mass is 570 g/mol. The van der Waals surface area contributed by atoms with Gasteiger partial charge in [0.1, 0.15) is 18.1 Å². The van der Waals surface area contributed by atoms with Crippen molar-refractivity contribution in [3.8, 4) is 0 Å². The number of aliphatic carboxylic acids is 1. The molecule has 220 valence electrons. The molecule has 0 bridgehead atoms. The summed E-state index contributed by atoms with van der Waals surface area (Å²) in [5.41, 5.74) is 22.6. The van der Waals surface area contributed by atoms with E-state index in [1.807, 2.05) is 6.26 Å². The summed E-state index contributed by atoms with van der Waals surface area (Å²) in [6, 6.07) is -4.13. The second-order valence-corrected chi connectivity index (χ2v) is 9.91. The number of nitrogens with zero attached hydrogens (tertiary/aromatic N) is 2. The largest absolute Gasteiger partial charge is 0.480 e. The number of H-pyrrole nitrogens is 1. The van der Waals surface area contributed by atoms with Crippen LogP contribution in [0.3, 0.4) is 0 Å². The van der Waals surface area contributed by atoms with Gasteiger partial charge in [0.25, 0.3) is 0 Å². The van der Waals surface area contributed by atoms with Crippen LogP contribution in [0.5, 0.6) is 0 Å². The van der Waals surface area contributed by atoms with E-state index < -0.39 is 47.9 Å². The summed E-state index contributed by atoms with van der Waals surface area (Å²) in [4.78, 5) is 61.4. The predicted molar refractivity (Wildman–Crippen MR) is 150 cm³/mol. The summed E-state index contributed by atoms with van der Waals surface area (Å²) in [6.07, 6.45) is 7.31. The minimum Gasteiger partial charge on any atom is -0.480 e. The number of guanidine groups is 1. The molecular weight excluding hydrogens is 528 g/mol. The van der Waals surface area contributed by atoms with Crippen LogP contribution in [0.25, 0.3) is 0 Å². The second kappa shape index (κ2) is 18.8. The lowest BCUT2D eigenvalue weighted by Crippen LogP contribution is -2.57. The molecule has 13 N–H and O–H groups in total. The molecule has 0 saturated carbocycles. The van der Waals surface area contributed by atoms with E-state index in [0.717, 1.165) is 6.42 Å². The number of thioether (sulfide) groups is 1. The van der Waals surface area contributed by atoms with Gasteiger partial charge in [0, 0.05) is 24.9 Å².